The molecular weight excluding hydrogens is 551 g/mol. The van der Waals surface area contributed by atoms with Gasteiger partial charge in [0.25, 0.3) is 5.91 Å². The molecule has 3 saturated heterocycles. The fourth-order valence-corrected chi connectivity index (χ4v) is 7.15. The number of aliphatic hydroxyl groups is 1. The average Bonchev–Trinajstić information content (AvgIpc) is 3.50. The molecule has 1 unspecified atom stereocenters. The number of halogens is 3. The molecule has 2 atom stereocenters. The molecule has 3 aliphatic rings. The number of carbonyl (C=O) groups is 1. The first kappa shape index (κ1) is 28.2. The molecule has 4 rings (SSSR count). The van der Waals surface area contributed by atoms with E-state index >= 15 is 0 Å². The van der Waals surface area contributed by atoms with Gasteiger partial charge in [0, 0.05) is 51.9 Å². The van der Waals surface area contributed by atoms with Crippen LogP contribution in [0.25, 0.3) is 0 Å². The van der Waals surface area contributed by atoms with Crippen LogP contribution in [0, 0.1) is 0 Å². The zero-order valence-corrected chi connectivity index (χ0v) is 23.2. The van der Waals surface area contributed by atoms with Crippen molar-refractivity contribution in [3.05, 3.63) is 27.2 Å². The van der Waals surface area contributed by atoms with Crippen molar-refractivity contribution in [1.29, 1.82) is 0 Å². The number of likely N-dealkylation sites (tertiary alicyclic amines) is 2. The molecule has 3 heterocycles. The molecule has 0 aliphatic carbocycles. The first-order valence-electron chi connectivity index (χ1n) is 12.3. The van der Waals surface area contributed by atoms with Gasteiger partial charge in [0.15, 0.2) is 6.61 Å². The Morgan fingerprint density at radius 1 is 0.972 bits per heavy atom. The molecule has 0 radical (unpaired) electrons. The number of carbonyl (C=O) groups excluding carboxylic acids is 1. The Labute approximate surface area is 227 Å². The number of ether oxygens (including phenoxy) is 1. The van der Waals surface area contributed by atoms with E-state index in [1.54, 1.807) is 4.90 Å². The van der Waals surface area contributed by atoms with E-state index < -0.39 is 10.0 Å². The highest BCUT2D eigenvalue weighted by Crippen LogP contribution is 2.34. The SMILES string of the molecule is O=C(COc1cc(Cl)c(Cl)cc1Cl)N1CCN(S(=O)(=O)CCN2CCC(O)C2)C[C@@H]1CN1CCCC1. The predicted octanol–water partition coefficient (Wildman–Crippen LogP) is 2.03. The maximum Gasteiger partial charge on any atom is 0.260 e. The summed E-state index contributed by atoms with van der Waals surface area (Å²) in [6, 6.07) is 2.67. The van der Waals surface area contributed by atoms with Crippen molar-refractivity contribution in [2.45, 2.75) is 31.4 Å². The Bertz CT molecular complexity index is 1040. The van der Waals surface area contributed by atoms with Gasteiger partial charge in [0.2, 0.25) is 10.0 Å². The van der Waals surface area contributed by atoms with Crippen LogP contribution in [0.3, 0.4) is 0 Å². The normalized spacial score (nSPS) is 24.5. The highest BCUT2D eigenvalue weighted by atomic mass is 35.5. The minimum absolute atomic E-state index is 0.00301. The summed E-state index contributed by atoms with van der Waals surface area (Å²) in [6.07, 6.45) is 2.49. The molecule has 36 heavy (non-hydrogen) atoms. The lowest BCUT2D eigenvalue weighted by Gasteiger charge is -2.42. The summed E-state index contributed by atoms with van der Waals surface area (Å²) >= 11 is 18.2. The van der Waals surface area contributed by atoms with E-state index in [-0.39, 0.29) is 65.8 Å². The van der Waals surface area contributed by atoms with Crippen LogP contribution in [0.15, 0.2) is 12.1 Å². The molecule has 1 amide bonds. The highest BCUT2D eigenvalue weighted by Gasteiger charge is 2.37. The molecule has 202 valence electrons. The predicted molar refractivity (Wildman–Crippen MR) is 141 cm³/mol. The van der Waals surface area contributed by atoms with Crippen LogP contribution in [0.5, 0.6) is 5.75 Å². The zero-order chi connectivity index (χ0) is 25.9. The fraction of sp³-hybridized carbons (Fsp3) is 0.696. The molecule has 3 fully saturated rings. The average molecular weight is 584 g/mol. The van der Waals surface area contributed by atoms with Crippen LogP contribution >= 0.6 is 34.8 Å². The van der Waals surface area contributed by atoms with Gasteiger partial charge in [-0.05, 0) is 38.4 Å². The molecule has 1 aromatic rings. The quantitative estimate of drug-likeness (QED) is 0.445. The number of β-amino-alcohol motifs (C(OH)–C–C–N with tert-alkyl or cyclic N) is 1. The standard InChI is InChI=1S/C23H33Cl3N4O5S/c24-19-11-21(26)22(12-20(19)25)35-16-23(32)30-8-7-29(14-17(30)13-27-4-1-2-5-27)36(33,34)10-9-28-6-3-18(31)15-28/h11-12,17-18,31H,1-10,13-16H2/t17-,18?/m0/s1. The highest BCUT2D eigenvalue weighted by molar-refractivity contribution is 7.89. The molecular formula is C23H33Cl3N4O5S. The fourth-order valence-electron chi connectivity index (χ4n) is 5.05. The second-order valence-corrected chi connectivity index (χ2v) is 13.0. The molecule has 1 aromatic carbocycles. The molecule has 1 N–H and O–H groups in total. The summed E-state index contributed by atoms with van der Waals surface area (Å²) < 4.78 is 33.5. The van der Waals surface area contributed by atoms with Crippen LogP contribution in [-0.2, 0) is 14.8 Å². The Balaban J connectivity index is 1.39. The largest absolute Gasteiger partial charge is 0.482 e. The lowest BCUT2D eigenvalue weighted by Crippen LogP contribution is -2.60. The van der Waals surface area contributed by atoms with E-state index in [2.05, 4.69) is 4.90 Å². The Kier molecular flexibility index (Phi) is 9.65. The summed E-state index contributed by atoms with van der Waals surface area (Å²) in [5.41, 5.74) is 0. The number of hydrogen-bond donors (Lipinski definition) is 1. The van der Waals surface area contributed by atoms with E-state index in [1.165, 1.54) is 16.4 Å². The maximum absolute atomic E-state index is 13.2. The molecule has 0 bridgehead atoms. The second-order valence-electron chi connectivity index (χ2n) is 9.65. The number of piperazine rings is 1. The van der Waals surface area contributed by atoms with Gasteiger partial charge in [-0.2, -0.15) is 4.31 Å². The molecule has 3 aliphatic heterocycles. The van der Waals surface area contributed by atoms with Gasteiger partial charge in [0.1, 0.15) is 5.75 Å². The van der Waals surface area contributed by atoms with Crippen molar-refractivity contribution in [2.75, 3.05) is 71.3 Å². The molecule has 13 heteroatoms. The van der Waals surface area contributed by atoms with Crippen molar-refractivity contribution in [3.8, 4) is 5.75 Å². The monoisotopic (exact) mass is 582 g/mol. The Morgan fingerprint density at radius 3 is 2.39 bits per heavy atom. The van der Waals surface area contributed by atoms with Crippen molar-refractivity contribution < 1.29 is 23.1 Å². The number of hydrogen-bond acceptors (Lipinski definition) is 7. The van der Waals surface area contributed by atoms with Crippen LogP contribution in [0.4, 0.5) is 0 Å². The van der Waals surface area contributed by atoms with Gasteiger partial charge in [-0.25, -0.2) is 8.42 Å². The lowest BCUT2D eigenvalue weighted by molar-refractivity contribution is -0.138. The summed E-state index contributed by atoms with van der Waals surface area (Å²) in [7, 11) is -3.50. The minimum atomic E-state index is -3.50. The number of aliphatic hydroxyl groups excluding tert-OH is 1. The minimum Gasteiger partial charge on any atom is -0.482 e. The molecule has 9 nitrogen and oxygen atoms in total. The van der Waals surface area contributed by atoms with Crippen molar-refractivity contribution in [2.24, 2.45) is 0 Å². The lowest BCUT2D eigenvalue weighted by atomic mass is 10.1. The smallest absolute Gasteiger partial charge is 0.260 e. The number of sulfonamides is 1. The third kappa shape index (κ3) is 7.17. The number of benzene rings is 1. The van der Waals surface area contributed by atoms with Gasteiger partial charge < -0.3 is 19.6 Å². The summed E-state index contributed by atoms with van der Waals surface area (Å²) in [5, 5.41) is 10.5. The first-order chi connectivity index (χ1) is 17.1. The third-order valence-electron chi connectivity index (χ3n) is 7.07. The van der Waals surface area contributed by atoms with Gasteiger partial charge >= 0.3 is 0 Å². The van der Waals surface area contributed by atoms with Crippen LogP contribution in [0.1, 0.15) is 19.3 Å². The van der Waals surface area contributed by atoms with Gasteiger partial charge in [-0.1, -0.05) is 34.8 Å². The first-order valence-corrected chi connectivity index (χ1v) is 15.0. The van der Waals surface area contributed by atoms with Crippen LogP contribution < -0.4 is 4.74 Å². The van der Waals surface area contributed by atoms with Crippen LogP contribution in [0.2, 0.25) is 15.1 Å². The summed E-state index contributed by atoms with van der Waals surface area (Å²) in [5.74, 6) is 0.0384. The van der Waals surface area contributed by atoms with E-state index in [9.17, 15) is 18.3 Å². The van der Waals surface area contributed by atoms with E-state index in [0.29, 0.717) is 37.6 Å². The number of amides is 1. The van der Waals surface area contributed by atoms with Crippen molar-refractivity contribution in [1.82, 2.24) is 19.0 Å². The van der Waals surface area contributed by atoms with E-state index in [0.717, 1.165) is 25.9 Å². The summed E-state index contributed by atoms with van der Waals surface area (Å²) in [6.45, 7) is 4.65. The zero-order valence-electron chi connectivity index (χ0n) is 20.1. The van der Waals surface area contributed by atoms with Gasteiger partial charge in [0.05, 0.1) is 33.0 Å². The van der Waals surface area contributed by atoms with E-state index in [1.807, 2.05) is 4.90 Å². The maximum atomic E-state index is 13.2. The molecule has 0 aromatic heterocycles. The van der Waals surface area contributed by atoms with Crippen molar-refractivity contribution in [3.63, 3.8) is 0 Å². The third-order valence-corrected chi connectivity index (χ3v) is 9.90. The van der Waals surface area contributed by atoms with E-state index in [4.69, 9.17) is 39.5 Å². The second kappa shape index (κ2) is 12.3. The summed E-state index contributed by atoms with van der Waals surface area (Å²) in [4.78, 5) is 19.2. The van der Waals surface area contributed by atoms with Crippen LogP contribution in [-0.4, -0.2) is 122 Å². The number of nitrogens with zero attached hydrogens (tertiary/aromatic N) is 4. The Morgan fingerprint density at radius 2 is 1.69 bits per heavy atom. The Hall–Kier alpha value is -0.850. The van der Waals surface area contributed by atoms with Gasteiger partial charge in [-0.15, -0.1) is 0 Å². The molecule has 0 spiro atoms. The topological polar surface area (TPSA) is 93.6 Å². The van der Waals surface area contributed by atoms with Crippen molar-refractivity contribution >= 4 is 50.7 Å². The molecule has 0 saturated carbocycles. The number of rotatable bonds is 9. The van der Waals surface area contributed by atoms with Gasteiger partial charge in [-0.3, -0.25) is 9.69 Å².